The Morgan fingerprint density at radius 1 is 1.53 bits per heavy atom. The van der Waals surface area contributed by atoms with Crippen molar-refractivity contribution >= 4 is 23.7 Å². The highest BCUT2D eigenvalue weighted by molar-refractivity contribution is 7.11. The maximum Gasteiger partial charge on any atom is 0.443 e. The van der Waals surface area contributed by atoms with Crippen LogP contribution in [-0.2, 0) is 17.5 Å². The lowest BCUT2D eigenvalue weighted by molar-refractivity contribution is -0.137. The molecule has 0 aromatic carbocycles. The van der Waals surface area contributed by atoms with Crippen LogP contribution in [0.4, 0.5) is 13.2 Å². The van der Waals surface area contributed by atoms with Crippen LogP contribution in [0.25, 0.3) is 0 Å². The quantitative estimate of drug-likeness (QED) is 0.922. The first-order valence-corrected chi connectivity index (χ1v) is 6.36. The summed E-state index contributed by atoms with van der Waals surface area (Å²) in [6.07, 6.45) is -3.09. The lowest BCUT2D eigenvalue weighted by Crippen LogP contribution is -2.44. The summed E-state index contributed by atoms with van der Waals surface area (Å²) in [5, 5.41) is -0.791. The lowest BCUT2D eigenvalue weighted by atomic mass is 10.2. The van der Waals surface area contributed by atoms with Crippen LogP contribution < -0.4 is 5.73 Å². The molecule has 1 saturated heterocycles. The van der Waals surface area contributed by atoms with Gasteiger partial charge in [0.2, 0.25) is 0 Å². The molecular weight excluding hydrogens is 303 g/mol. The van der Waals surface area contributed by atoms with E-state index in [-0.39, 0.29) is 18.5 Å². The number of aromatic nitrogens is 1. The van der Waals surface area contributed by atoms with E-state index < -0.39 is 11.2 Å². The van der Waals surface area contributed by atoms with Gasteiger partial charge < -0.3 is 10.5 Å². The molecule has 2 heterocycles. The number of alkyl halides is 3. The van der Waals surface area contributed by atoms with E-state index in [2.05, 4.69) is 4.98 Å². The molecule has 0 saturated carbocycles. The zero-order valence-electron chi connectivity index (χ0n) is 10.0. The van der Waals surface area contributed by atoms with Crippen LogP contribution in [0.1, 0.15) is 9.88 Å². The molecule has 1 aliphatic rings. The number of rotatable bonds is 3. The zero-order chi connectivity index (χ0) is 13.2. The van der Waals surface area contributed by atoms with Gasteiger partial charge in [-0.1, -0.05) is 0 Å². The van der Waals surface area contributed by atoms with Gasteiger partial charge in [0, 0.05) is 37.3 Å². The molecule has 1 aromatic rings. The van der Waals surface area contributed by atoms with Gasteiger partial charge in [-0.3, -0.25) is 4.90 Å². The number of ether oxygens (including phenoxy) is 1. The first kappa shape index (κ1) is 16.6. The second-order valence-corrected chi connectivity index (χ2v) is 5.21. The fourth-order valence-corrected chi connectivity index (χ4v) is 2.62. The van der Waals surface area contributed by atoms with E-state index in [1.807, 2.05) is 4.90 Å². The van der Waals surface area contributed by atoms with Crippen LogP contribution >= 0.6 is 23.7 Å². The third-order valence-corrected chi connectivity index (χ3v) is 3.69. The molecule has 0 aliphatic carbocycles. The molecule has 1 aromatic heterocycles. The topological polar surface area (TPSA) is 51.4 Å². The van der Waals surface area contributed by atoms with Crippen molar-refractivity contribution in [1.29, 1.82) is 0 Å². The Morgan fingerprint density at radius 3 is 2.84 bits per heavy atom. The summed E-state index contributed by atoms with van der Waals surface area (Å²) in [4.78, 5) is 6.05. The lowest BCUT2D eigenvalue weighted by Gasteiger charge is -2.31. The van der Waals surface area contributed by atoms with E-state index in [0.29, 0.717) is 49.0 Å². The standard InChI is InChI=1S/C10H14F3N3OS.ClH/c11-10(12,13)9-15-4-8(18-9)6-16-1-2-17-7(3-14)5-16;/h4,7H,1-3,5-6,14H2;1H. The average Bonchev–Trinajstić information content (AvgIpc) is 2.77. The number of nitrogens with two attached hydrogens (primary N) is 1. The van der Waals surface area contributed by atoms with E-state index in [0.717, 1.165) is 0 Å². The minimum Gasteiger partial charge on any atom is -0.374 e. The van der Waals surface area contributed by atoms with Gasteiger partial charge in [-0.25, -0.2) is 4.98 Å². The highest BCUT2D eigenvalue weighted by atomic mass is 35.5. The molecule has 0 radical (unpaired) electrons. The molecule has 0 amide bonds. The van der Waals surface area contributed by atoms with Crippen LogP contribution in [0.15, 0.2) is 6.20 Å². The predicted octanol–water partition coefficient (Wildman–Crippen LogP) is 1.74. The van der Waals surface area contributed by atoms with Gasteiger partial charge in [-0.15, -0.1) is 23.7 Å². The Kier molecular flexibility index (Phi) is 6.00. The smallest absolute Gasteiger partial charge is 0.374 e. The third kappa shape index (κ3) is 4.57. The SMILES string of the molecule is Cl.NCC1CN(Cc2cnc(C(F)(F)F)s2)CCO1. The van der Waals surface area contributed by atoms with Crippen LogP contribution in [-0.4, -0.2) is 42.2 Å². The fourth-order valence-electron chi connectivity index (χ4n) is 1.80. The summed E-state index contributed by atoms with van der Waals surface area (Å²) in [7, 11) is 0. The molecule has 19 heavy (non-hydrogen) atoms. The fraction of sp³-hybridized carbons (Fsp3) is 0.700. The van der Waals surface area contributed by atoms with Crippen molar-refractivity contribution in [3.63, 3.8) is 0 Å². The normalized spacial score (nSPS) is 21.2. The summed E-state index contributed by atoms with van der Waals surface area (Å²) < 4.78 is 42.6. The summed E-state index contributed by atoms with van der Waals surface area (Å²) in [6.45, 7) is 2.80. The monoisotopic (exact) mass is 317 g/mol. The highest BCUT2D eigenvalue weighted by Gasteiger charge is 2.34. The third-order valence-electron chi connectivity index (χ3n) is 2.66. The molecular formula is C10H15ClF3N3OS. The maximum absolute atomic E-state index is 12.4. The number of halogens is 4. The van der Waals surface area contributed by atoms with Crippen LogP contribution in [0.5, 0.6) is 0 Å². The first-order chi connectivity index (χ1) is 8.49. The summed E-state index contributed by atoms with van der Waals surface area (Å²) in [6, 6.07) is 0. The van der Waals surface area contributed by atoms with E-state index in [1.165, 1.54) is 6.20 Å². The molecule has 1 unspecified atom stereocenters. The Bertz CT molecular complexity index is 402. The van der Waals surface area contributed by atoms with Crippen LogP contribution in [0.3, 0.4) is 0 Å². The number of thiazole rings is 1. The van der Waals surface area contributed by atoms with Gasteiger partial charge in [0.25, 0.3) is 0 Å². The molecule has 9 heteroatoms. The summed E-state index contributed by atoms with van der Waals surface area (Å²) in [5.41, 5.74) is 5.51. The zero-order valence-corrected chi connectivity index (χ0v) is 11.7. The Morgan fingerprint density at radius 2 is 2.26 bits per heavy atom. The van der Waals surface area contributed by atoms with Crippen LogP contribution in [0, 0.1) is 0 Å². The predicted molar refractivity (Wildman–Crippen MR) is 68.4 cm³/mol. The summed E-state index contributed by atoms with van der Waals surface area (Å²) >= 11 is 0.692. The highest BCUT2D eigenvalue weighted by Crippen LogP contribution is 2.32. The molecule has 1 aliphatic heterocycles. The molecule has 1 atom stereocenters. The molecule has 2 N–H and O–H groups in total. The van der Waals surface area contributed by atoms with Gasteiger partial charge in [0.05, 0.1) is 12.7 Å². The van der Waals surface area contributed by atoms with Crippen molar-refractivity contribution in [3.05, 3.63) is 16.1 Å². The van der Waals surface area contributed by atoms with Gasteiger partial charge >= 0.3 is 6.18 Å². The Labute approximate surface area is 119 Å². The number of hydrogen-bond donors (Lipinski definition) is 1. The Hall–Kier alpha value is -0.410. The number of morpholine rings is 1. The summed E-state index contributed by atoms with van der Waals surface area (Å²) in [5.74, 6) is 0. The number of nitrogens with zero attached hydrogens (tertiary/aromatic N) is 2. The molecule has 0 bridgehead atoms. The van der Waals surface area contributed by atoms with E-state index in [4.69, 9.17) is 10.5 Å². The van der Waals surface area contributed by atoms with Crippen molar-refractivity contribution in [2.45, 2.75) is 18.8 Å². The molecule has 110 valence electrons. The molecule has 1 fully saturated rings. The minimum atomic E-state index is -4.35. The van der Waals surface area contributed by atoms with E-state index in [1.54, 1.807) is 0 Å². The van der Waals surface area contributed by atoms with Crippen LogP contribution in [0.2, 0.25) is 0 Å². The van der Waals surface area contributed by atoms with Crippen molar-refractivity contribution in [3.8, 4) is 0 Å². The second kappa shape index (κ2) is 6.85. The Balaban J connectivity index is 0.00000180. The second-order valence-electron chi connectivity index (χ2n) is 4.09. The van der Waals surface area contributed by atoms with Crippen molar-refractivity contribution < 1.29 is 17.9 Å². The van der Waals surface area contributed by atoms with Gasteiger partial charge in [0.1, 0.15) is 0 Å². The van der Waals surface area contributed by atoms with Gasteiger partial charge in [-0.2, -0.15) is 13.2 Å². The van der Waals surface area contributed by atoms with Crippen molar-refractivity contribution in [1.82, 2.24) is 9.88 Å². The van der Waals surface area contributed by atoms with Crippen molar-refractivity contribution in [2.24, 2.45) is 5.73 Å². The largest absolute Gasteiger partial charge is 0.443 e. The minimum absolute atomic E-state index is 0. The average molecular weight is 318 g/mol. The van der Waals surface area contributed by atoms with E-state index >= 15 is 0 Å². The number of hydrogen-bond acceptors (Lipinski definition) is 5. The van der Waals surface area contributed by atoms with Gasteiger partial charge in [0.15, 0.2) is 5.01 Å². The molecule has 4 nitrogen and oxygen atoms in total. The maximum atomic E-state index is 12.4. The van der Waals surface area contributed by atoms with E-state index in [9.17, 15) is 13.2 Å². The first-order valence-electron chi connectivity index (χ1n) is 5.55. The molecule has 0 spiro atoms. The van der Waals surface area contributed by atoms with Gasteiger partial charge in [-0.05, 0) is 0 Å². The van der Waals surface area contributed by atoms with Crippen molar-refractivity contribution in [2.75, 3.05) is 26.2 Å². The molecule has 2 rings (SSSR count).